The van der Waals surface area contributed by atoms with Crippen molar-refractivity contribution in [1.82, 2.24) is 10.3 Å². The third-order valence-electron chi connectivity index (χ3n) is 3.66. The SMILES string of the molecule is O=C(CCNC(=O)c1ccccc1Cl)N=Nc1c(O)[nH]c2ccccc12. The van der Waals surface area contributed by atoms with Crippen LogP contribution in [-0.2, 0) is 4.79 Å². The Bertz CT molecular complexity index is 997. The summed E-state index contributed by atoms with van der Waals surface area (Å²) < 4.78 is 0. The first-order chi connectivity index (χ1) is 12.6. The van der Waals surface area contributed by atoms with Crippen molar-refractivity contribution >= 4 is 40.0 Å². The molecule has 1 heterocycles. The first kappa shape index (κ1) is 17.6. The van der Waals surface area contributed by atoms with Crippen LogP contribution >= 0.6 is 11.6 Å². The number of carbonyl (C=O) groups is 2. The fraction of sp³-hybridized carbons (Fsp3) is 0.111. The van der Waals surface area contributed by atoms with E-state index in [-0.39, 0.29) is 30.4 Å². The molecule has 0 aliphatic carbocycles. The van der Waals surface area contributed by atoms with Crippen molar-refractivity contribution in [2.24, 2.45) is 10.2 Å². The van der Waals surface area contributed by atoms with E-state index in [1.54, 1.807) is 42.5 Å². The fourth-order valence-electron chi connectivity index (χ4n) is 2.39. The lowest BCUT2D eigenvalue weighted by atomic mass is 10.2. The van der Waals surface area contributed by atoms with Crippen molar-refractivity contribution in [2.75, 3.05) is 6.54 Å². The van der Waals surface area contributed by atoms with Gasteiger partial charge in [-0.1, -0.05) is 41.9 Å². The van der Waals surface area contributed by atoms with Gasteiger partial charge in [0.05, 0.1) is 16.1 Å². The van der Waals surface area contributed by atoms with Gasteiger partial charge in [0.1, 0.15) is 0 Å². The predicted molar refractivity (Wildman–Crippen MR) is 97.9 cm³/mol. The van der Waals surface area contributed by atoms with Crippen LogP contribution in [0.4, 0.5) is 5.69 Å². The van der Waals surface area contributed by atoms with E-state index in [2.05, 4.69) is 20.5 Å². The number of azo groups is 1. The van der Waals surface area contributed by atoms with Crippen LogP contribution in [0.5, 0.6) is 5.88 Å². The summed E-state index contributed by atoms with van der Waals surface area (Å²) in [6, 6.07) is 13.8. The van der Waals surface area contributed by atoms with Gasteiger partial charge in [0.15, 0.2) is 5.69 Å². The maximum absolute atomic E-state index is 12.0. The van der Waals surface area contributed by atoms with Gasteiger partial charge in [-0.2, -0.15) is 0 Å². The summed E-state index contributed by atoms with van der Waals surface area (Å²) in [4.78, 5) is 26.6. The number of amides is 2. The number of rotatable bonds is 5. The van der Waals surface area contributed by atoms with Crippen LogP contribution in [0.25, 0.3) is 10.9 Å². The molecule has 0 fully saturated rings. The molecule has 0 radical (unpaired) electrons. The molecule has 0 bridgehead atoms. The van der Waals surface area contributed by atoms with Gasteiger partial charge in [0.2, 0.25) is 5.88 Å². The minimum Gasteiger partial charge on any atom is -0.493 e. The topological polar surface area (TPSA) is 107 Å². The van der Waals surface area contributed by atoms with E-state index < -0.39 is 5.91 Å². The molecule has 26 heavy (non-hydrogen) atoms. The molecule has 8 heteroatoms. The highest BCUT2D eigenvalue weighted by molar-refractivity contribution is 6.33. The Balaban J connectivity index is 1.57. The number of H-pyrrole nitrogens is 1. The van der Waals surface area contributed by atoms with Gasteiger partial charge in [-0.15, -0.1) is 10.2 Å². The van der Waals surface area contributed by atoms with Gasteiger partial charge in [0.25, 0.3) is 11.8 Å². The molecule has 2 aromatic carbocycles. The van der Waals surface area contributed by atoms with Crippen molar-refractivity contribution in [2.45, 2.75) is 6.42 Å². The molecule has 0 saturated carbocycles. The normalized spacial score (nSPS) is 11.1. The summed E-state index contributed by atoms with van der Waals surface area (Å²) in [5.41, 5.74) is 1.24. The summed E-state index contributed by atoms with van der Waals surface area (Å²) in [6.45, 7) is 0.0990. The zero-order valence-electron chi connectivity index (χ0n) is 13.6. The summed E-state index contributed by atoms with van der Waals surface area (Å²) in [5, 5.41) is 20.9. The number of carbonyl (C=O) groups excluding carboxylic acids is 2. The second-order valence-corrected chi connectivity index (χ2v) is 5.85. The number of aromatic hydroxyl groups is 1. The van der Waals surface area contributed by atoms with E-state index in [1.807, 2.05) is 6.07 Å². The Hall–Kier alpha value is -3.19. The number of halogens is 1. The average Bonchev–Trinajstić information content (AvgIpc) is 2.95. The minimum absolute atomic E-state index is 0.0250. The number of aromatic amines is 1. The molecule has 0 spiro atoms. The number of nitrogens with zero attached hydrogens (tertiary/aromatic N) is 2. The van der Waals surface area contributed by atoms with E-state index in [0.717, 1.165) is 0 Å². The van der Waals surface area contributed by atoms with Crippen LogP contribution in [0.2, 0.25) is 5.02 Å². The van der Waals surface area contributed by atoms with Gasteiger partial charge in [-0.3, -0.25) is 9.59 Å². The van der Waals surface area contributed by atoms with Crippen LogP contribution in [0.3, 0.4) is 0 Å². The Morgan fingerprint density at radius 1 is 1.12 bits per heavy atom. The molecular weight excluding hydrogens is 356 g/mol. The Labute approximate surface area is 153 Å². The molecule has 0 unspecified atom stereocenters. The molecule has 3 aromatic rings. The molecule has 0 atom stereocenters. The highest BCUT2D eigenvalue weighted by Crippen LogP contribution is 2.35. The molecule has 0 saturated heterocycles. The van der Waals surface area contributed by atoms with E-state index in [4.69, 9.17) is 11.6 Å². The summed E-state index contributed by atoms with van der Waals surface area (Å²) >= 11 is 5.94. The summed E-state index contributed by atoms with van der Waals surface area (Å²) in [5.74, 6) is -1.04. The highest BCUT2D eigenvalue weighted by atomic mass is 35.5. The second kappa shape index (κ2) is 7.79. The molecule has 3 rings (SSSR count). The van der Waals surface area contributed by atoms with E-state index in [0.29, 0.717) is 21.5 Å². The molecule has 0 aliphatic heterocycles. The Kier molecular flexibility index (Phi) is 5.28. The Morgan fingerprint density at radius 2 is 1.85 bits per heavy atom. The van der Waals surface area contributed by atoms with Crippen molar-refractivity contribution in [3.8, 4) is 5.88 Å². The van der Waals surface area contributed by atoms with Gasteiger partial charge < -0.3 is 15.4 Å². The third kappa shape index (κ3) is 3.89. The van der Waals surface area contributed by atoms with Crippen molar-refractivity contribution in [3.63, 3.8) is 0 Å². The first-order valence-corrected chi connectivity index (χ1v) is 8.21. The van der Waals surface area contributed by atoms with Crippen LogP contribution < -0.4 is 5.32 Å². The first-order valence-electron chi connectivity index (χ1n) is 7.83. The molecule has 0 aliphatic rings. The third-order valence-corrected chi connectivity index (χ3v) is 3.99. The molecule has 1 aromatic heterocycles. The van der Waals surface area contributed by atoms with Crippen LogP contribution in [0.15, 0.2) is 58.8 Å². The van der Waals surface area contributed by atoms with E-state index in [9.17, 15) is 14.7 Å². The number of hydrogen-bond acceptors (Lipinski definition) is 4. The molecule has 3 N–H and O–H groups in total. The second-order valence-electron chi connectivity index (χ2n) is 5.45. The average molecular weight is 371 g/mol. The summed E-state index contributed by atoms with van der Waals surface area (Å²) in [6.07, 6.45) is -0.0250. The number of benzene rings is 2. The minimum atomic E-state index is -0.519. The van der Waals surface area contributed by atoms with Gasteiger partial charge in [-0.25, -0.2) is 0 Å². The number of nitrogens with one attached hydrogen (secondary N) is 2. The highest BCUT2D eigenvalue weighted by Gasteiger charge is 2.11. The lowest BCUT2D eigenvalue weighted by Gasteiger charge is -2.04. The van der Waals surface area contributed by atoms with Gasteiger partial charge in [0, 0.05) is 18.4 Å². The molecular formula is C18H15ClN4O3. The largest absolute Gasteiger partial charge is 0.493 e. The standard InChI is InChI=1S/C18H15ClN4O3/c19-13-7-3-1-5-11(13)17(25)20-10-9-15(24)22-23-16-12-6-2-4-8-14(12)21-18(16)26/h1-8,21,26H,9-10H2,(H,20,25). The predicted octanol–water partition coefficient (Wildman–Crippen LogP) is 3.96. The van der Waals surface area contributed by atoms with Crippen LogP contribution in [-0.4, -0.2) is 28.4 Å². The molecule has 2 amide bonds. The maximum atomic E-state index is 12.0. The lowest BCUT2D eigenvalue weighted by Crippen LogP contribution is -2.25. The molecule has 7 nitrogen and oxygen atoms in total. The van der Waals surface area contributed by atoms with Gasteiger partial charge in [-0.05, 0) is 18.2 Å². The molecule has 132 valence electrons. The van der Waals surface area contributed by atoms with Crippen molar-refractivity contribution < 1.29 is 14.7 Å². The van der Waals surface area contributed by atoms with E-state index >= 15 is 0 Å². The van der Waals surface area contributed by atoms with E-state index in [1.165, 1.54) is 0 Å². The zero-order chi connectivity index (χ0) is 18.5. The van der Waals surface area contributed by atoms with Crippen LogP contribution in [0.1, 0.15) is 16.8 Å². The van der Waals surface area contributed by atoms with Crippen molar-refractivity contribution in [3.05, 3.63) is 59.1 Å². The van der Waals surface area contributed by atoms with Crippen LogP contribution in [0, 0.1) is 0 Å². The maximum Gasteiger partial charge on any atom is 0.266 e. The monoisotopic (exact) mass is 370 g/mol. The fourth-order valence-corrected chi connectivity index (χ4v) is 2.62. The number of fused-ring (bicyclic) bond motifs is 1. The number of hydrogen-bond donors (Lipinski definition) is 3. The Morgan fingerprint density at radius 3 is 2.65 bits per heavy atom. The lowest BCUT2D eigenvalue weighted by molar-refractivity contribution is -0.118. The van der Waals surface area contributed by atoms with Crippen molar-refractivity contribution in [1.29, 1.82) is 0 Å². The summed E-state index contributed by atoms with van der Waals surface area (Å²) in [7, 11) is 0. The number of para-hydroxylation sites is 1. The smallest absolute Gasteiger partial charge is 0.266 e. The quantitative estimate of drug-likeness (QED) is 0.591. The van der Waals surface area contributed by atoms with Gasteiger partial charge >= 0.3 is 0 Å². The zero-order valence-corrected chi connectivity index (χ0v) is 14.3. The number of aromatic nitrogens is 1.